The maximum absolute atomic E-state index is 11.5. The molecule has 0 aromatic carbocycles. The van der Waals surface area contributed by atoms with E-state index in [0.29, 0.717) is 19.5 Å². The van der Waals surface area contributed by atoms with Gasteiger partial charge in [0.25, 0.3) is 0 Å². The van der Waals surface area contributed by atoms with Crippen molar-refractivity contribution in [3.05, 3.63) is 23.9 Å². The Bertz CT molecular complexity index is 422. The van der Waals surface area contributed by atoms with Crippen LogP contribution in [0.2, 0.25) is 0 Å². The van der Waals surface area contributed by atoms with Gasteiger partial charge >= 0.3 is 0 Å². The molecular formula is C15H26Cl2N4O. The quantitative estimate of drug-likeness (QED) is 0.826. The number of pyridine rings is 1. The van der Waals surface area contributed by atoms with Gasteiger partial charge in [-0.1, -0.05) is 6.07 Å². The Morgan fingerprint density at radius 1 is 1.23 bits per heavy atom. The molecule has 0 atom stereocenters. The van der Waals surface area contributed by atoms with E-state index in [1.54, 1.807) is 0 Å². The second-order valence-corrected chi connectivity index (χ2v) is 5.20. The van der Waals surface area contributed by atoms with E-state index in [1.807, 2.05) is 13.2 Å². The molecule has 0 saturated carbocycles. The number of carbonyl (C=O) groups excluding carboxylic acids is 1. The number of anilines is 1. The van der Waals surface area contributed by atoms with Gasteiger partial charge in [0.2, 0.25) is 5.91 Å². The fourth-order valence-electron chi connectivity index (χ4n) is 2.36. The molecule has 0 radical (unpaired) electrons. The minimum Gasteiger partial charge on any atom is -0.357 e. The molecule has 1 aromatic heterocycles. The Hall–Kier alpha value is -1.04. The van der Waals surface area contributed by atoms with Crippen LogP contribution in [0.4, 0.5) is 5.82 Å². The topological polar surface area (TPSA) is 57.3 Å². The number of carbonyl (C=O) groups is 1. The van der Waals surface area contributed by atoms with Crippen LogP contribution in [0.15, 0.2) is 18.3 Å². The zero-order valence-corrected chi connectivity index (χ0v) is 14.6. The van der Waals surface area contributed by atoms with E-state index in [1.165, 1.54) is 19.3 Å². The van der Waals surface area contributed by atoms with Crippen LogP contribution in [0.1, 0.15) is 31.2 Å². The molecule has 2 rings (SSSR count). The van der Waals surface area contributed by atoms with Crippen molar-refractivity contribution in [2.24, 2.45) is 0 Å². The maximum atomic E-state index is 11.5. The molecule has 126 valence electrons. The van der Waals surface area contributed by atoms with Crippen molar-refractivity contribution in [1.29, 1.82) is 0 Å². The van der Waals surface area contributed by atoms with Gasteiger partial charge in [-0.2, -0.15) is 0 Å². The van der Waals surface area contributed by atoms with Crippen LogP contribution < -0.4 is 15.5 Å². The van der Waals surface area contributed by atoms with Crippen molar-refractivity contribution < 1.29 is 4.79 Å². The summed E-state index contributed by atoms with van der Waals surface area (Å²) in [6.45, 7) is 3.47. The molecule has 1 saturated heterocycles. The smallest absolute Gasteiger partial charge is 0.221 e. The third-order valence-electron chi connectivity index (χ3n) is 3.58. The summed E-state index contributed by atoms with van der Waals surface area (Å²) in [5.41, 5.74) is 1.04. The number of piperidine rings is 1. The number of hydrogen-bond acceptors (Lipinski definition) is 4. The van der Waals surface area contributed by atoms with Crippen molar-refractivity contribution >= 4 is 36.5 Å². The summed E-state index contributed by atoms with van der Waals surface area (Å²) in [4.78, 5) is 18.3. The van der Waals surface area contributed by atoms with Crippen LogP contribution >= 0.6 is 24.8 Å². The van der Waals surface area contributed by atoms with Crippen LogP contribution in [0.5, 0.6) is 0 Å². The summed E-state index contributed by atoms with van der Waals surface area (Å²) in [6, 6.07) is 4.11. The van der Waals surface area contributed by atoms with Crippen molar-refractivity contribution in [2.75, 3.05) is 31.6 Å². The average molecular weight is 349 g/mol. The van der Waals surface area contributed by atoms with Crippen molar-refractivity contribution in [1.82, 2.24) is 15.6 Å². The molecule has 1 aliphatic rings. The van der Waals surface area contributed by atoms with Crippen LogP contribution in [-0.2, 0) is 11.3 Å². The average Bonchev–Trinajstić information content (AvgIpc) is 2.52. The number of nitrogens with one attached hydrogen (secondary N) is 2. The van der Waals surface area contributed by atoms with Crippen LogP contribution in [0.3, 0.4) is 0 Å². The number of halogens is 2. The molecule has 1 aliphatic heterocycles. The van der Waals surface area contributed by atoms with E-state index in [9.17, 15) is 4.79 Å². The highest BCUT2D eigenvalue weighted by molar-refractivity contribution is 5.85. The van der Waals surface area contributed by atoms with Crippen molar-refractivity contribution in [3.63, 3.8) is 0 Å². The lowest BCUT2D eigenvalue weighted by Gasteiger charge is -2.27. The van der Waals surface area contributed by atoms with Gasteiger partial charge in [0.15, 0.2) is 0 Å². The third kappa shape index (κ3) is 6.81. The Balaban J connectivity index is 0.00000220. The van der Waals surface area contributed by atoms with E-state index < -0.39 is 0 Å². The first-order chi connectivity index (χ1) is 9.79. The Kier molecular flexibility index (Phi) is 11.0. The van der Waals surface area contributed by atoms with Crippen molar-refractivity contribution in [3.8, 4) is 0 Å². The van der Waals surface area contributed by atoms with E-state index in [2.05, 4.69) is 32.7 Å². The van der Waals surface area contributed by atoms with Crippen LogP contribution in [0.25, 0.3) is 0 Å². The number of amides is 1. The molecule has 2 heterocycles. The summed E-state index contributed by atoms with van der Waals surface area (Å²) in [5, 5.41) is 5.86. The van der Waals surface area contributed by atoms with Gasteiger partial charge in [-0.25, -0.2) is 4.98 Å². The highest BCUT2D eigenvalue weighted by Crippen LogP contribution is 2.17. The van der Waals surface area contributed by atoms with Gasteiger partial charge in [0.1, 0.15) is 5.82 Å². The SMILES string of the molecule is CNCCC(=O)NCc1ccc(N2CCCCC2)nc1.Cl.Cl. The van der Waals surface area contributed by atoms with Crippen LogP contribution in [-0.4, -0.2) is 37.6 Å². The number of hydrogen-bond donors (Lipinski definition) is 2. The van der Waals surface area contributed by atoms with Gasteiger partial charge < -0.3 is 15.5 Å². The number of aromatic nitrogens is 1. The van der Waals surface area contributed by atoms with Gasteiger partial charge in [-0.3, -0.25) is 4.79 Å². The lowest BCUT2D eigenvalue weighted by molar-refractivity contribution is -0.121. The Morgan fingerprint density at radius 2 is 1.95 bits per heavy atom. The fourth-order valence-corrected chi connectivity index (χ4v) is 2.36. The molecule has 0 aliphatic carbocycles. The molecule has 0 bridgehead atoms. The van der Waals surface area contributed by atoms with E-state index in [0.717, 1.165) is 24.5 Å². The van der Waals surface area contributed by atoms with E-state index >= 15 is 0 Å². The summed E-state index contributed by atoms with van der Waals surface area (Å²) < 4.78 is 0. The molecular weight excluding hydrogens is 323 g/mol. The normalized spacial score (nSPS) is 13.8. The standard InChI is InChI=1S/C15H24N4O.2ClH/c1-16-8-7-15(20)18-12-13-5-6-14(17-11-13)19-9-3-2-4-10-19;;/h5-6,11,16H,2-4,7-10,12H2,1H3,(H,18,20);2*1H. The highest BCUT2D eigenvalue weighted by atomic mass is 35.5. The molecule has 5 nitrogen and oxygen atoms in total. The first kappa shape index (κ1) is 21.0. The second-order valence-electron chi connectivity index (χ2n) is 5.20. The van der Waals surface area contributed by atoms with Gasteiger partial charge in [-0.15, -0.1) is 24.8 Å². The summed E-state index contributed by atoms with van der Waals surface area (Å²) in [6.07, 6.45) is 6.21. The second kappa shape index (κ2) is 11.5. The van der Waals surface area contributed by atoms with Crippen molar-refractivity contribution in [2.45, 2.75) is 32.2 Å². The predicted molar refractivity (Wildman–Crippen MR) is 95.2 cm³/mol. The first-order valence-electron chi connectivity index (χ1n) is 7.41. The third-order valence-corrected chi connectivity index (χ3v) is 3.58. The number of nitrogens with zero attached hydrogens (tertiary/aromatic N) is 2. The molecule has 22 heavy (non-hydrogen) atoms. The van der Waals surface area contributed by atoms with E-state index in [4.69, 9.17) is 0 Å². The predicted octanol–water partition coefficient (Wildman–Crippen LogP) is 2.14. The van der Waals surface area contributed by atoms with Gasteiger partial charge in [0, 0.05) is 38.8 Å². The molecule has 7 heteroatoms. The summed E-state index contributed by atoms with van der Waals surface area (Å²) in [5.74, 6) is 1.12. The number of rotatable bonds is 6. The molecule has 2 N–H and O–H groups in total. The summed E-state index contributed by atoms with van der Waals surface area (Å²) in [7, 11) is 1.84. The Labute approximate surface area is 145 Å². The van der Waals surface area contributed by atoms with Gasteiger partial charge in [-0.05, 0) is 37.9 Å². The molecule has 1 aromatic rings. The summed E-state index contributed by atoms with van der Waals surface area (Å²) >= 11 is 0. The lowest BCUT2D eigenvalue weighted by atomic mass is 10.1. The fraction of sp³-hybridized carbons (Fsp3) is 0.600. The first-order valence-corrected chi connectivity index (χ1v) is 7.41. The largest absolute Gasteiger partial charge is 0.357 e. The monoisotopic (exact) mass is 348 g/mol. The zero-order chi connectivity index (χ0) is 14.2. The molecule has 1 fully saturated rings. The molecule has 0 spiro atoms. The maximum Gasteiger partial charge on any atom is 0.221 e. The van der Waals surface area contributed by atoms with Gasteiger partial charge in [0.05, 0.1) is 0 Å². The highest BCUT2D eigenvalue weighted by Gasteiger charge is 2.11. The Morgan fingerprint density at radius 3 is 2.55 bits per heavy atom. The van der Waals surface area contributed by atoms with E-state index in [-0.39, 0.29) is 30.7 Å². The molecule has 1 amide bonds. The minimum absolute atomic E-state index is 0. The molecule has 0 unspecified atom stereocenters. The van der Waals surface area contributed by atoms with Crippen LogP contribution in [0, 0.1) is 0 Å². The zero-order valence-electron chi connectivity index (χ0n) is 13.0. The lowest BCUT2D eigenvalue weighted by Crippen LogP contribution is -2.30. The minimum atomic E-state index is 0.